The van der Waals surface area contributed by atoms with Crippen molar-refractivity contribution in [3.05, 3.63) is 39.7 Å². The molecule has 7 heteroatoms. The third-order valence-corrected chi connectivity index (χ3v) is 5.57. The summed E-state index contributed by atoms with van der Waals surface area (Å²) in [5, 5.41) is 9.45. The van der Waals surface area contributed by atoms with Crippen LogP contribution in [0.5, 0.6) is 5.75 Å². The molecule has 0 aliphatic carbocycles. The number of aromatic nitrogens is 1. The van der Waals surface area contributed by atoms with Crippen LogP contribution in [0.2, 0.25) is 0 Å². The van der Waals surface area contributed by atoms with Crippen molar-refractivity contribution >= 4 is 26.2 Å². The second-order valence-electron chi connectivity index (χ2n) is 5.67. The van der Waals surface area contributed by atoms with E-state index in [0.717, 1.165) is 5.56 Å². The third kappa shape index (κ3) is 4.70. The molecule has 0 atom stereocenters. The SMILES string of the molecule is [C-]#[N+]c1cc(-c2nc(CO)c(C(=O)OCC)[se]2)ccc1OCC(C)C. The van der Waals surface area contributed by atoms with Crippen LogP contribution in [-0.4, -0.2) is 43.8 Å². The number of benzene rings is 1. The molecule has 2 aromatic rings. The molecule has 0 aliphatic heterocycles. The molecule has 1 aromatic carbocycles. The number of rotatable bonds is 7. The predicted octanol–water partition coefficient (Wildman–Crippen LogP) is 3.06. The standard InChI is InChI=1S/C18H20N2O4Se/c1-5-23-18(22)16-14(9-21)20-17(25-16)12-6-7-15(13(8-12)19-4)24-10-11(2)3/h6-8,11,21H,5,9-10H2,1-3H3. The normalized spacial score (nSPS) is 10.6. The van der Waals surface area contributed by atoms with Crippen LogP contribution in [0.25, 0.3) is 15.0 Å². The van der Waals surface area contributed by atoms with E-state index >= 15 is 0 Å². The topological polar surface area (TPSA) is 73.0 Å². The predicted molar refractivity (Wildman–Crippen MR) is 95.1 cm³/mol. The van der Waals surface area contributed by atoms with Gasteiger partial charge in [0.05, 0.1) is 0 Å². The molecule has 0 radical (unpaired) electrons. The average molecular weight is 407 g/mol. The molecule has 0 bridgehead atoms. The molecule has 0 saturated heterocycles. The summed E-state index contributed by atoms with van der Waals surface area (Å²) in [6.07, 6.45) is 0. The number of ether oxygens (including phenoxy) is 2. The first-order valence-corrected chi connectivity index (χ1v) is 9.63. The average Bonchev–Trinajstić information content (AvgIpc) is 3.04. The van der Waals surface area contributed by atoms with Crippen molar-refractivity contribution in [1.82, 2.24) is 4.98 Å². The van der Waals surface area contributed by atoms with E-state index in [2.05, 4.69) is 9.83 Å². The first kappa shape index (κ1) is 19.2. The zero-order valence-electron chi connectivity index (χ0n) is 14.4. The molecule has 6 nitrogen and oxygen atoms in total. The molecule has 0 unspecified atom stereocenters. The molecule has 0 amide bonds. The van der Waals surface area contributed by atoms with Crippen LogP contribution in [0.15, 0.2) is 18.2 Å². The van der Waals surface area contributed by atoms with E-state index in [1.54, 1.807) is 19.1 Å². The molecule has 132 valence electrons. The first-order valence-electron chi connectivity index (χ1n) is 7.92. The van der Waals surface area contributed by atoms with Crippen LogP contribution >= 0.6 is 0 Å². The molecule has 25 heavy (non-hydrogen) atoms. The van der Waals surface area contributed by atoms with Crippen LogP contribution in [0.4, 0.5) is 5.69 Å². The van der Waals surface area contributed by atoms with E-state index in [1.807, 2.05) is 19.9 Å². The van der Waals surface area contributed by atoms with E-state index in [1.165, 1.54) is 0 Å². The van der Waals surface area contributed by atoms with E-state index in [0.29, 0.717) is 38.7 Å². The van der Waals surface area contributed by atoms with E-state index < -0.39 is 5.97 Å². The molecule has 0 fully saturated rings. The Morgan fingerprint density at radius 3 is 2.80 bits per heavy atom. The van der Waals surface area contributed by atoms with Gasteiger partial charge in [0.15, 0.2) is 0 Å². The van der Waals surface area contributed by atoms with Gasteiger partial charge in [-0.15, -0.1) is 0 Å². The zero-order chi connectivity index (χ0) is 18.4. The number of nitrogens with zero attached hydrogens (tertiary/aromatic N) is 2. The summed E-state index contributed by atoms with van der Waals surface area (Å²) in [6, 6.07) is 5.30. The Morgan fingerprint density at radius 1 is 1.44 bits per heavy atom. The molecule has 0 aliphatic rings. The van der Waals surface area contributed by atoms with Gasteiger partial charge >= 0.3 is 153 Å². The van der Waals surface area contributed by atoms with Gasteiger partial charge in [0.25, 0.3) is 0 Å². The molecular weight excluding hydrogens is 387 g/mol. The molecule has 1 heterocycles. The van der Waals surface area contributed by atoms with E-state index in [9.17, 15) is 9.90 Å². The fourth-order valence-corrected chi connectivity index (χ4v) is 4.08. The quantitative estimate of drug-likeness (QED) is 0.434. The van der Waals surface area contributed by atoms with Crippen molar-refractivity contribution in [1.29, 1.82) is 0 Å². The van der Waals surface area contributed by atoms with Crippen molar-refractivity contribution in [2.45, 2.75) is 27.4 Å². The van der Waals surface area contributed by atoms with Gasteiger partial charge < -0.3 is 0 Å². The minimum absolute atomic E-state index is 0.274. The van der Waals surface area contributed by atoms with Gasteiger partial charge in [-0.1, -0.05) is 0 Å². The van der Waals surface area contributed by atoms with Gasteiger partial charge in [-0.3, -0.25) is 0 Å². The van der Waals surface area contributed by atoms with Crippen molar-refractivity contribution in [3.8, 4) is 15.9 Å². The number of hydrogen-bond donors (Lipinski definition) is 1. The van der Waals surface area contributed by atoms with Gasteiger partial charge in [-0.2, -0.15) is 0 Å². The summed E-state index contributed by atoms with van der Waals surface area (Å²) in [6.45, 7) is 13.7. The Kier molecular flexibility index (Phi) is 6.77. The summed E-state index contributed by atoms with van der Waals surface area (Å²) in [5.41, 5.74) is 1.51. The maximum absolute atomic E-state index is 12.0. The Labute approximate surface area is 153 Å². The summed E-state index contributed by atoms with van der Waals surface area (Å²) in [7, 11) is 0. The summed E-state index contributed by atoms with van der Waals surface area (Å²) < 4.78 is 11.8. The number of carbonyl (C=O) groups is 1. The summed E-state index contributed by atoms with van der Waals surface area (Å²) in [5.74, 6) is 0.469. The van der Waals surface area contributed by atoms with Gasteiger partial charge in [-0.25, -0.2) is 0 Å². The van der Waals surface area contributed by atoms with E-state index in [-0.39, 0.29) is 27.7 Å². The Bertz CT molecular complexity index is 793. The maximum atomic E-state index is 12.0. The first-order chi connectivity index (χ1) is 12.0. The second kappa shape index (κ2) is 8.82. The van der Waals surface area contributed by atoms with Crippen LogP contribution in [0, 0.1) is 12.5 Å². The Hall–Kier alpha value is -2.13. The summed E-state index contributed by atoms with van der Waals surface area (Å²) in [4.78, 5) is 19.9. The van der Waals surface area contributed by atoms with E-state index in [4.69, 9.17) is 16.0 Å². The van der Waals surface area contributed by atoms with Gasteiger partial charge in [0, 0.05) is 0 Å². The molecular formula is C18H20N2O4Se. The monoisotopic (exact) mass is 408 g/mol. The van der Waals surface area contributed by atoms with Crippen LogP contribution < -0.4 is 4.74 Å². The minimum atomic E-state index is -0.437. The number of esters is 1. The van der Waals surface area contributed by atoms with Gasteiger partial charge in [0.1, 0.15) is 0 Å². The Morgan fingerprint density at radius 2 is 2.20 bits per heavy atom. The number of aliphatic hydroxyl groups is 1. The van der Waals surface area contributed by atoms with Crippen molar-refractivity contribution in [3.63, 3.8) is 0 Å². The molecule has 0 saturated carbocycles. The van der Waals surface area contributed by atoms with Crippen LogP contribution in [0.1, 0.15) is 35.7 Å². The zero-order valence-corrected chi connectivity index (χ0v) is 16.1. The fraction of sp³-hybridized carbons (Fsp3) is 0.389. The van der Waals surface area contributed by atoms with Gasteiger partial charge in [-0.05, 0) is 0 Å². The fourth-order valence-electron chi connectivity index (χ4n) is 2.05. The molecule has 1 N–H and O–H groups in total. The molecule has 0 spiro atoms. The van der Waals surface area contributed by atoms with Crippen LogP contribution in [0.3, 0.4) is 0 Å². The van der Waals surface area contributed by atoms with Crippen LogP contribution in [-0.2, 0) is 11.3 Å². The molecule has 2 rings (SSSR count). The van der Waals surface area contributed by atoms with Gasteiger partial charge in [0.2, 0.25) is 0 Å². The second-order valence-corrected chi connectivity index (χ2v) is 7.77. The van der Waals surface area contributed by atoms with Crippen molar-refractivity contribution < 1.29 is 19.4 Å². The number of carbonyl (C=O) groups excluding carboxylic acids is 1. The summed E-state index contributed by atoms with van der Waals surface area (Å²) >= 11 is -0.371. The third-order valence-electron chi connectivity index (χ3n) is 3.21. The molecule has 1 aromatic heterocycles. The number of aliphatic hydroxyl groups excluding tert-OH is 1. The number of hydrogen-bond acceptors (Lipinski definition) is 5. The Balaban J connectivity index is 2.35. The van der Waals surface area contributed by atoms with Crippen molar-refractivity contribution in [2.24, 2.45) is 5.92 Å². The van der Waals surface area contributed by atoms with Crippen molar-refractivity contribution in [2.75, 3.05) is 13.2 Å².